The molecule has 3 heteroatoms. The minimum atomic E-state index is -1.13. The third-order valence-electron chi connectivity index (χ3n) is 1.19. The standard InChI is InChI=1S/C8H9O2P/c9-11-10-7-6-8-4-2-1-3-5-8/h1-7H,11H2. The molecule has 1 aromatic carbocycles. The Hall–Kier alpha value is -1.01. The average molecular weight is 168 g/mol. The van der Waals surface area contributed by atoms with Crippen LogP contribution in [0.1, 0.15) is 5.56 Å². The molecular formula is C8H9O2P. The molecule has 0 saturated heterocycles. The Bertz CT molecular complexity index is 244. The van der Waals surface area contributed by atoms with E-state index in [-0.39, 0.29) is 0 Å². The predicted molar refractivity (Wildman–Crippen MR) is 47.0 cm³/mol. The molecular weight excluding hydrogens is 159 g/mol. The number of rotatable bonds is 3. The van der Waals surface area contributed by atoms with Crippen LogP contribution in [0.2, 0.25) is 0 Å². The molecule has 0 bridgehead atoms. The molecule has 0 amide bonds. The molecule has 2 nitrogen and oxygen atoms in total. The van der Waals surface area contributed by atoms with E-state index >= 15 is 0 Å². The molecule has 58 valence electrons. The van der Waals surface area contributed by atoms with Gasteiger partial charge in [-0.2, -0.15) is 0 Å². The summed E-state index contributed by atoms with van der Waals surface area (Å²) < 4.78 is 14.5. The van der Waals surface area contributed by atoms with Crippen molar-refractivity contribution in [3.63, 3.8) is 0 Å². The second-order valence-electron chi connectivity index (χ2n) is 1.95. The van der Waals surface area contributed by atoms with Crippen molar-refractivity contribution in [2.45, 2.75) is 0 Å². The van der Waals surface area contributed by atoms with Crippen molar-refractivity contribution in [2.24, 2.45) is 0 Å². The Kier molecular flexibility index (Phi) is 3.49. The maximum absolute atomic E-state index is 9.93. The van der Waals surface area contributed by atoms with E-state index < -0.39 is 8.69 Å². The highest BCUT2D eigenvalue weighted by molar-refractivity contribution is 7.17. The van der Waals surface area contributed by atoms with Crippen LogP contribution >= 0.6 is 8.69 Å². The van der Waals surface area contributed by atoms with Crippen LogP contribution in [0, 0.1) is 0 Å². The highest BCUT2D eigenvalue weighted by Crippen LogP contribution is 2.03. The molecule has 0 radical (unpaired) electrons. The van der Waals surface area contributed by atoms with E-state index in [4.69, 9.17) is 0 Å². The van der Waals surface area contributed by atoms with E-state index in [0.29, 0.717) is 0 Å². The highest BCUT2D eigenvalue weighted by atomic mass is 31.1. The first-order valence-electron chi connectivity index (χ1n) is 3.24. The summed E-state index contributed by atoms with van der Waals surface area (Å²) in [6.07, 6.45) is 3.21. The minimum absolute atomic E-state index is 1.04. The molecule has 0 aliphatic heterocycles. The molecule has 0 heterocycles. The summed E-state index contributed by atoms with van der Waals surface area (Å²) in [5.41, 5.74) is 1.04. The molecule has 0 N–H and O–H groups in total. The summed E-state index contributed by atoms with van der Waals surface area (Å²) in [6, 6.07) is 9.70. The zero-order chi connectivity index (χ0) is 7.94. The fraction of sp³-hybridized carbons (Fsp3) is 0. The summed E-state index contributed by atoms with van der Waals surface area (Å²) >= 11 is 0. The van der Waals surface area contributed by atoms with E-state index in [1.54, 1.807) is 6.08 Å². The first kappa shape index (κ1) is 8.09. The lowest BCUT2D eigenvalue weighted by Crippen LogP contribution is -1.67. The summed E-state index contributed by atoms with van der Waals surface area (Å²) in [7, 11) is -1.13. The van der Waals surface area contributed by atoms with Crippen LogP contribution in [-0.4, -0.2) is 0 Å². The number of benzene rings is 1. The van der Waals surface area contributed by atoms with Gasteiger partial charge in [0.15, 0.2) is 0 Å². The lowest BCUT2D eigenvalue weighted by atomic mass is 10.2. The maximum atomic E-state index is 9.93. The predicted octanol–water partition coefficient (Wildman–Crippen LogP) is 2.35. The average Bonchev–Trinajstić information content (AvgIpc) is 2.07. The number of hydrogen-bond acceptors (Lipinski definition) is 2. The third-order valence-corrected chi connectivity index (χ3v) is 1.46. The van der Waals surface area contributed by atoms with Gasteiger partial charge in [0.05, 0.1) is 6.26 Å². The second-order valence-corrected chi connectivity index (χ2v) is 2.41. The normalized spacial score (nSPS) is 11.3. The Labute approximate surface area is 66.8 Å². The molecule has 0 saturated carbocycles. The monoisotopic (exact) mass is 168 g/mol. The van der Waals surface area contributed by atoms with Gasteiger partial charge in [-0.1, -0.05) is 30.3 Å². The van der Waals surface area contributed by atoms with Gasteiger partial charge in [-0.05, 0) is 11.6 Å². The quantitative estimate of drug-likeness (QED) is 0.511. The Morgan fingerprint density at radius 2 is 2.00 bits per heavy atom. The van der Waals surface area contributed by atoms with Gasteiger partial charge in [0, 0.05) is 0 Å². The SMILES string of the molecule is O=[PH2]OC=Cc1ccccc1. The van der Waals surface area contributed by atoms with Gasteiger partial charge < -0.3 is 4.52 Å². The van der Waals surface area contributed by atoms with E-state index in [1.165, 1.54) is 6.26 Å². The van der Waals surface area contributed by atoms with Gasteiger partial charge in [-0.15, -0.1) is 0 Å². The summed E-state index contributed by atoms with van der Waals surface area (Å²) in [5, 5.41) is 0. The first-order valence-corrected chi connectivity index (χ1v) is 4.18. The molecule has 11 heavy (non-hydrogen) atoms. The van der Waals surface area contributed by atoms with Crippen molar-refractivity contribution in [3.8, 4) is 0 Å². The van der Waals surface area contributed by atoms with Crippen LogP contribution in [0.5, 0.6) is 0 Å². The van der Waals surface area contributed by atoms with Gasteiger partial charge in [0.25, 0.3) is 0 Å². The molecule has 0 spiro atoms. The molecule has 1 aromatic rings. The van der Waals surface area contributed by atoms with Gasteiger partial charge in [-0.3, -0.25) is 4.57 Å². The van der Waals surface area contributed by atoms with Crippen LogP contribution in [0.3, 0.4) is 0 Å². The van der Waals surface area contributed by atoms with E-state index in [0.717, 1.165) is 5.56 Å². The van der Waals surface area contributed by atoms with Crippen LogP contribution < -0.4 is 0 Å². The number of hydrogen-bond donors (Lipinski definition) is 0. The lowest BCUT2D eigenvalue weighted by molar-refractivity contribution is 0.486. The van der Waals surface area contributed by atoms with Crippen LogP contribution in [-0.2, 0) is 9.09 Å². The largest absolute Gasteiger partial charge is 0.455 e. The zero-order valence-electron chi connectivity index (χ0n) is 5.94. The molecule has 0 fully saturated rings. The fourth-order valence-corrected chi connectivity index (χ4v) is 0.857. The highest BCUT2D eigenvalue weighted by Gasteiger charge is 1.80. The molecule has 0 aromatic heterocycles. The van der Waals surface area contributed by atoms with Crippen molar-refractivity contribution >= 4 is 14.8 Å². The Balaban J connectivity index is 2.57. The van der Waals surface area contributed by atoms with Crippen molar-refractivity contribution in [1.82, 2.24) is 0 Å². The molecule has 1 unspecified atom stereocenters. The van der Waals surface area contributed by atoms with E-state index in [9.17, 15) is 4.57 Å². The lowest BCUT2D eigenvalue weighted by Gasteiger charge is -1.89. The Morgan fingerprint density at radius 3 is 2.64 bits per heavy atom. The van der Waals surface area contributed by atoms with E-state index in [1.807, 2.05) is 30.3 Å². The van der Waals surface area contributed by atoms with Gasteiger partial charge in [-0.25, -0.2) is 0 Å². The summed E-state index contributed by atoms with van der Waals surface area (Å²) in [6.45, 7) is 0. The smallest absolute Gasteiger partial charge is 0.224 e. The van der Waals surface area contributed by atoms with Gasteiger partial charge >= 0.3 is 0 Å². The maximum Gasteiger partial charge on any atom is 0.224 e. The summed E-state index contributed by atoms with van der Waals surface area (Å²) in [5.74, 6) is 0. The third kappa shape index (κ3) is 3.06. The molecule has 0 aliphatic rings. The van der Waals surface area contributed by atoms with Gasteiger partial charge in [0.2, 0.25) is 8.69 Å². The fourth-order valence-electron chi connectivity index (χ4n) is 0.714. The second kappa shape index (κ2) is 4.75. The van der Waals surface area contributed by atoms with Crippen LogP contribution in [0.4, 0.5) is 0 Å². The minimum Gasteiger partial charge on any atom is -0.455 e. The van der Waals surface area contributed by atoms with Crippen molar-refractivity contribution < 1.29 is 9.09 Å². The molecule has 1 atom stereocenters. The molecule has 1 rings (SSSR count). The molecule has 0 aliphatic carbocycles. The van der Waals surface area contributed by atoms with Crippen LogP contribution in [0.15, 0.2) is 36.6 Å². The summed E-state index contributed by atoms with van der Waals surface area (Å²) in [4.78, 5) is 0. The first-order chi connectivity index (χ1) is 5.43. The van der Waals surface area contributed by atoms with Crippen molar-refractivity contribution in [1.29, 1.82) is 0 Å². The van der Waals surface area contributed by atoms with E-state index in [2.05, 4.69) is 4.52 Å². The van der Waals surface area contributed by atoms with Crippen molar-refractivity contribution in [2.75, 3.05) is 0 Å². The topological polar surface area (TPSA) is 26.3 Å². The van der Waals surface area contributed by atoms with Crippen molar-refractivity contribution in [3.05, 3.63) is 42.2 Å². The van der Waals surface area contributed by atoms with Gasteiger partial charge in [0.1, 0.15) is 0 Å². The van der Waals surface area contributed by atoms with Crippen LogP contribution in [0.25, 0.3) is 6.08 Å². The Morgan fingerprint density at radius 1 is 1.27 bits per heavy atom. The zero-order valence-corrected chi connectivity index (χ0v) is 7.09.